The van der Waals surface area contributed by atoms with Gasteiger partial charge in [0.2, 0.25) is 0 Å². The van der Waals surface area contributed by atoms with Crippen molar-refractivity contribution in [2.75, 3.05) is 0 Å². The van der Waals surface area contributed by atoms with Gasteiger partial charge in [-0.3, -0.25) is 0 Å². The largest absolute Gasteiger partial charge is 0.508 e. The van der Waals surface area contributed by atoms with Gasteiger partial charge in [0.25, 0.3) is 0 Å². The lowest BCUT2D eigenvalue weighted by Crippen LogP contribution is -2.02. The van der Waals surface area contributed by atoms with Crippen molar-refractivity contribution >= 4 is 0 Å². The molecule has 19 heavy (non-hydrogen) atoms. The molecule has 0 heterocycles. The maximum atomic E-state index is 9.35. The lowest BCUT2D eigenvalue weighted by atomic mass is 9.89. The van der Waals surface area contributed by atoms with E-state index in [0.717, 1.165) is 12.8 Å². The summed E-state index contributed by atoms with van der Waals surface area (Å²) < 4.78 is 0. The number of phenols is 1. The van der Waals surface area contributed by atoms with Gasteiger partial charge in [0, 0.05) is 6.54 Å². The summed E-state index contributed by atoms with van der Waals surface area (Å²) in [6.45, 7) is 2.79. The first-order chi connectivity index (χ1) is 9.22. The van der Waals surface area contributed by atoms with Gasteiger partial charge in [0.1, 0.15) is 5.75 Å². The molecule has 2 aromatic rings. The van der Waals surface area contributed by atoms with Crippen LogP contribution in [0.15, 0.2) is 48.5 Å². The summed E-state index contributed by atoms with van der Waals surface area (Å²) in [5.74, 6) is 0.815. The van der Waals surface area contributed by atoms with Gasteiger partial charge in [-0.25, -0.2) is 0 Å². The maximum absolute atomic E-state index is 9.35. The Hall–Kier alpha value is -1.80. The Bertz CT molecular complexity index is 502. The Balaban J connectivity index is 2.11. The summed E-state index contributed by atoms with van der Waals surface area (Å²) >= 11 is 0. The predicted octanol–water partition coefficient (Wildman–Crippen LogP) is 3.59. The molecule has 0 aliphatic carbocycles. The molecule has 2 rings (SSSR count). The molecule has 3 N–H and O–H groups in total. The van der Waals surface area contributed by atoms with Crippen LogP contribution in [0.25, 0.3) is 0 Å². The highest BCUT2D eigenvalue weighted by Crippen LogP contribution is 2.25. The van der Waals surface area contributed by atoms with E-state index in [-0.39, 0.29) is 0 Å². The molecule has 100 valence electrons. The molecule has 0 saturated heterocycles. The van der Waals surface area contributed by atoms with E-state index in [1.807, 2.05) is 12.1 Å². The molecule has 0 radical (unpaired) electrons. The minimum Gasteiger partial charge on any atom is -0.508 e. The summed E-state index contributed by atoms with van der Waals surface area (Å²) in [6.07, 6.45) is 2.11. The van der Waals surface area contributed by atoms with Crippen molar-refractivity contribution < 1.29 is 5.11 Å². The Morgan fingerprint density at radius 1 is 0.947 bits per heavy atom. The van der Waals surface area contributed by atoms with Crippen LogP contribution in [0, 0.1) is 0 Å². The van der Waals surface area contributed by atoms with Crippen LogP contribution in [-0.4, -0.2) is 5.11 Å². The van der Waals surface area contributed by atoms with E-state index in [4.69, 9.17) is 5.73 Å². The molecule has 1 unspecified atom stereocenters. The topological polar surface area (TPSA) is 46.2 Å². The van der Waals surface area contributed by atoms with Crippen LogP contribution in [0.2, 0.25) is 0 Å². The monoisotopic (exact) mass is 255 g/mol. The van der Waals surface area contributed by atoms with Crippen LogP contribution in [-0.2, 0) is 13.0 Å². The lowest BCUT2D eigenvalue weighted by Gasteiger charge is -2.16. The second kappa shape index (κ2) is 6.39. The van der Waals surface area contributed by atoms with Gasteiger partial charge >= 0.3 is 0 Å². The van der Waals surface area contributed by atoms with Crippen LogP contribution in [0.4, 0.5) is 0 Å². The smallest absolute Gasteiger partial charge is 0.115 e. The molecular weight excluding hydrogens is 234 g/mol. The fraction of sp³-hybridized carbons (Fsp3) is 0.294. The van der Waals surface area contributed by atoms with Gasteiger partial charge in [-0.2, -0.15) is 0 Å². The van der Waals surface area contributed by atoms with Gasteiger partial charge in [-0.1, -0.05) is 43.3 Å². The van der Waals surface area contributed by atoms with Crippen molar-refractivity contribution in [2.24, 2.45) is 5.73 Å². The molecule has 0 amide bonds. The van der Waals surface area contributed by atoms with Crippen molar-refractivity contribution in [1.82, 2.24) is 0 Å². The Labute approximate surface area is 114 Å². The van der Waals surface area contributed by atoms with E-state index >= 15 is 0 Å². The van der Waals surface area contributed by atoms with Crippen LogP contribution < -0.4 is 5.73 Å². The standard InChI is InChI=1S/C17H21NO/c1-2-15(16-7-9-17(19)10-8-16)11-13-3-5-14(12-18)6-4-13/h3-10,15,19H,2,11-12,18H2,1H3. The number of nitrogens with two attached hydrogens (primary N) is 1. The molecule has 0 aromatic heterocycles. The molecular formula is C17H21NO. The summed E-state index contributed by atoms with van der Waals surface area (Å²) in [7, 11) is 0. The van der Waals surface area contributed by atoms with Gasteiger partial charge in [0.15, 0.2) is 0 Å². The highest BCUT2D eigenvalue weighted by atomic mass is 16.3. The van der Waals surface area contributed by atoms with E-state index in [0.29, 0.717) is 18.2 Å². The highest BCUT2D eigenvalue weighted by molar-refractivity contribution is 5.30. The van der Waals surface area contributed by atoms with Gasteiger partial charge in [-0.05, 0) is 47.6 Å². The first kappa shape index (κ1) is 13.6. The maximum Gasteiger partial charge on any atom is 0.115 e. The number of rotatable bonds is 5. The molecule has 2 nitrogen and oxygen atoms in total. The van der Waals surface area contributed by atoms with Crippen LogP contribution in [0.1, 0.15) is 36.0 Å². The molecule has 0 saturated carbocycles. The molecule has 0 fully saturated rings. The minimum absolute atomic E-state index is 0.325. The fourth-order valence-corrected chi connectivity index (χ4v) is 2.34. The molecule has 0 aliphatic heterocycles. The molecule has 1 atom stereocenters. The third-order valence-electron chi connectivity index (χ3n) is 3.60. The third kappa shape index (κ3) is 3.58. The molecule has 0 aliphatic rings. The molecule has 2 aromatic carbocycles. The SMILES string of the molecule is CCC(Cc1ccc(CN)cc1)c1ccc(O)cc1. The van der Waals surface area contributed by atoms with Gasteiger partial charge in [0.05, 0.1) is 0 Å². The number of hydrogen-bond acceptors (Lipinski definition) is 2. The van der Waals surface area contributed by atoms with Crippen LogP contribution in [0.3, 0.4) is 0 Å². The van der Waals surface area contributed by atoms with Crippen LogP contribution >= 0.6 is 0 Å². The van der Waals surface area contributed by atoms with E-state index < -0.39 is 0 Å². The van der Waals surface area contributed by atoms with Crippen LogP contribution in [0.5, 0.6) is 5.75 Å². The molecule has 0 bridgehead atoms. The fourth-order valence-electron chi connectivity index (χ4n) is 2.34. The number of aromatic hydroxyl groups is 1. The summed E-state index contributed by atoms with van der Waals surface area (Å²) in [4.78, 5) is 0. The average Bonchev–Trinajstić information content (AvgIpc) is 2.46. The quantitative estimate of drug-likeness (QED) is 0.857. The predicted molar refractivity (Wildman–Crippen MR) is 79.2 cm³/mol. The number of phenolic OH excluding ortho intramolecular Hbond substituents is 1. The van der Waals surface area contributed by atoms with E-state index in [2.05, 4.69) is 31.2 Å². The number of hydrogen-bond donors (Lipinski definition) is 2. The summed E-state index contributed by atoms with van der Waals surface area (Å²) in [5.41, 5.74) is 9.39. The summed E-state index contributed by atoms with van der Waals surface area (Å²) in [5, 5.41) is 9.35. The zero-order valence-corrected chi connectivity index (χ0v) is 11.3. The van der Waals surface area contributed by atoms with Gasteiger partial charge in [-0.15, -0.1) is 0 Å². The molecule has 2 heteroatoms. The number of benzene rings is 2. The normalized spacial score (nSPS) is 12.3. The van der Waals surface area contributed by atoms with E-state index in [1.165, 1.54) is 16.7 Å². The first-order valence-electron chi connectivity index (χ1n) is 6.79. The average molecular weight is 255 g/mol. The van der Waals surface area contributed by atoms with Crippen molar-refractivity contribution in [3.8, 4) is 5.75 Å². The first-order valence-corrected chi connectivity index (χ1v) is 6.79. The second-order valence-electron chi connectivity index (χ2n) is 4.92. The zero-order valence-electron chi connectivity index (χ0n) is 11.3. The van der Waals surface area contributed by atoms with Crippen molar-refractivity contribution in [2.45, 2.75) is 32.2 Å². The minimum atomic E-state index is 0.325. The van der Waals surface area contributed by atoms with E-state index in [9.17, 15) is 5.11 Å². The lowest BCUT2D eigenvalue weighted by molar-refractivity contribution is 0.474. The summed E-state index contributed by atoms with van der Waals surface area (Å²) in [6, 6.07) is 16.1. The third-order valence-corrected chi connectivity index (χ3v) is 3.60. The Morgan fingerprint density at radius 3 is 2.05 bits per heavy atom. The van der Waals surface area contributed by atoms with Crippen molar-refractivity contribution in [3.05, 3.63) is 65.2 Å². The molecule has 0 spiro atoms. The van der Waals surface area contributed by atoms with Gasteiger partial charge < -0.3 is 10.8 Å². The second-order valence-corrected chi connectivity index (χ2v) is 4.92. The Morgan fingerprint density at radius 2 is 1.53 bits per heavy atom. The van der Waals surface area contributed by atoms with Crippen molar-refractivity contribution in [3.63, 3.8) is 0 Å². The van der Waals surface area contributed by atoms with E-state index in [1.54, 1.807) is 12.1 Å². The zero-order chi connectivity index (χ0) is 13.7. The van der Waals surface area contributed by atoms with Crippen molar-refractivity contribution in [1.29, 1.82) is 0 Å². The highest BCUT2D eigenvalue weighted by Gasteiger charge is 2.10. The Kier molecular flexibility index (Phi) is 4.58.